The Morgan fingerprint density at radius 2 is 1.89 bits per heavy atom. The SMILES string of the molecule is COC(=O)OC/C(C=O)=C\[Si](C)(C)c1ccccc1. The van der Waals surface area contributed by atoms with Crippen molar-refractivity contribution in [2.75, 3.05) is 13.7 Å². The maximum atomic E-state index is 11.0. The van der Waals surface area contributed by atoms with Gasteiger partial charge in [0, 0.05) is 5.57 Å². The predicted octanol–water partition coefficient (Wildman–Crippen LogP) is 2.05. The quantitative estimate of drug-likeness (QED) is 0.358. The molecule has 0 heterocycles. The zero-order valence-corrected chi connectivity index (χ0v) is 12.4. The van der Waals surface area contributed by atoms with Crippen molar-refractivity contribution in [1.82, 2.24) is 0 Å². The smallest absolute Gasteiger partial charge is 0.438 e. The highest BCUT2D eigenvalue weighted by Crippen LogP contribution is 2.08. The van der Waals surface area contributed by atoms with Crippen LogP contribution >= 0.6 is 0 Å². The number of ether oxygens (including phenoxy) is 2. The average molecular weight is 278 g/mol. The Morgan fingerprint density at radius 3 is 2.42 bits per heavy atom. The van der Waals surface area contributed by atoms with Crippen LogP contribution in [0.3, 0.4) is 0 Å². The van der Waals surface area contributed by atoms with Crippen molar-refractivity contribution in [3.63, 3.8) is 0 Å². The first-order chi connectivity index (χ1) is 8.99. The molecule has 0 aliphatic heterocycles. The van der Waals surface area contributed by atoms with Gasteiger partial charge in [0.25, 0.3) is 0 Å². The highest BCUT2D eigenvalue weighted by Gasteiger charge is 2.21. The van der Waals surface area contributed by atoms with Crippen LogP contribution in [0, 0.1) is 0 Å². The molecule has 4 nitrogen and oxygen atoms in total. The fourth-order valence-electron chi connectivity index (χ4n) is 1.73. The fraction of sp³-hybridized carbons (Fsp3) is 0.286. The van der Waals surface area contributed by atoms with Crippen LogP contribution in [0.2, 0.25) is 13.1 Å². The average Bonchev–Trinajstić information content (AvgIpc) is 2.43. The van der Waals surface area contributed by atoms with Crippen LogP contribution < -0.4 is 5.19 Å². The van der Waals surface area contributed by atoms with Crippen LogP contribution in [0.4, 0.5) is 4.79 Å². The van der Waals surface area contributed by atoms with E-state index in [0.29, 0.717) is 5.57 Å². The number of carbonyl (C=O) groups excluding carboxylic acids is 2. The van der Waals surface area contributed by atoms with Crippen LogP contribution in [0.15, 0.2) is 41.6 Å². The summed E-state index contributed by atoms with van der Waals surface area (Å²) >= 11 is 0. The molecule has 0 spiro atoms. The summed E-state index contributed by atoms with van der Waals surface area (Å²) in [4.78, 5) is 21.9. The minimum absolute atomic E-state index is 0.0561. The number of benzene rings is 1. The first-order valence-electron chi connectivity index (χ1n) is 5.93. The van der Waals surface area contributed by atoms with Gasteiger partial charge in [0.15, 0.2) is 0 Å². The second-order valence-electron chi connectivity index (χ2n) is 4.67. The van der Waals surface area contributed by atoms with Crippen molar-refractivity contribution in [2.24, 2.45) is 0 Å². The van der Waals surface area contributed by atoms with Gasteiger partial charge in [0.05, 0.1) is 7.11 Å². The summed E-state index contributed by atoms with van der Waals surface area (Å²) in [6, 6.07) is 10.0. The Labute approximate surface area is 114 Å². The first-order valence-corrected chi connectivity index (χ1v) is 9.00. The van der Waals surface area contributed by atoms with Crippen molar-refractivity contribution in [2.45, 2.75) is 13.1 Å². The molecular formula is C14H18O4Si. The molecule has 0 N–H and O–H groups in total. The van der Waals surface area contributed by atoms with Crippen LogP contribution in [0.5, 0.6) is 0 Å². The van der Waals surface area contributed by atoms with Gasteiger partial charge >= 0.3 is 6.16 Å². The Morgan fingerprint density at radius 1 is 1.26 bits per heavy atom. The van der Waals surface area contributed by atoms with Gasteiger partial charge in [-0.15, -0.1) is 0 Å². The maximum absolute atomic E-state index is 11.0. The highest BCUT2D eigenvalue weighted by molar-refractivity contribution is 6.94. The lowest BCUT2D eigenvalue weighted by Gasteiger charge is -2.19. The van der Waals surface area contributed by atoms with Crippen molar-refractivity contribution >= 4 is 25.7 Å². The van der Waals surface area contributed by atoms with E-state index in [4.69, 9.17) is 4.74 Å². The van der Waals surface area contributed by atoms with Crippen LogP contribution in [-0.2, 0) is 14.3 Å². The van der Waals surface area contributed by atoms with Gasteiger partial charge in [0.1, 0.15) is 21.0 Å². The number of methoxy groups -OCH3 is 1. The van der Waals surface area contributed by atoms with E-state index in [-0.39, 0.29) is 6.61 Å². The number of carbonyl (C=O) groups is 2. The third kappa shape index (κ3) is 4.71. The zero-order chi connectivity index (χ0) is 14.3. The van der Waals surface area contributed by atoms with Gasteiger partial charge in [-0.25, -0.2) is 4.79 Å². The lowest BCUT2D eigenvalue weighted by molar-refractivity contribution is -0.105. The number of hydrogen-bond acceptors (Lipinski definition) is 4. The Bertz CT molecular complexity index is 466. The normalized spacial score (nSPS) is 11.8. The van der Waals surface area contributed by atoms with Crippen molar-refractivity contribution in [3.05, 3.63) is 41.6 Å². The third-order valence-corrected chi connectivity index (χ3v) is 5.65. The second-order valence-corrected chi connectivity index (χ2v) is 8.98. The summed E-state index contributed by atoms with van der Waals surface area (Å²) in [5.41, 5.74) is 2.39. The van der Waals surface area contributed by atoms with Crippen LogP contribution in [0.1, 0.15) is 0 Å². The highest BCUT2D eigenvalue weighted by atomic mass is 28.3. The molecular weight excluding hydrogens is 260 g/mol. The molecule has 0 radical (unpaired) electrons. The first kappa shape index (κ1) is 15.2. The van der Waals surface area contributed by atoms with E-state index in [1.165, 1.54) is 12.3 Å². The van der Waals surface area contributed by atoms with Gasteiger partial charge in [-0.05, 0) is 0 Å². The second kappa shape index (κ2) is 6.89. The molecule has 0 aliphatic rings. The molecule has 0 atom stereocenters. The Kier molecular flexibility index (Phi) is 5.50. The van der Waals surface area contributed by atoms with E-state index in [1.807, 2.05) is 36.0 Å². The molecule has 0 bridgehead atoms. The van der Waals surface area contributed by atoms with Crippen LogP contribution in [-0.4, -0.2) is 34.2 Å². The molecule has 1 rings (SSSR count). The number of aldehydes is 1. The van der Waals surface area contributed by atoms with Gasteiger partial charge in [-0.2, -0.15) is 0 Å². The largest absolute Gasteiger partial charge is 0.508 e. The van der Waals surface area contributed by atoms with E-state index in [2.05, 4.69) is 17.8 Å². The van der Waals surface area contributed by atoms with Crippen molar-refractivity contribution in [1.29, 1.82) is 0 Å². The number of hydrogen-bond donors (Lipinski definition) is 0. The summed E-state index contributed by atoms with van der Waals surface area (Å²) in [6.45, 7) is 4.20. The molecule has 5 heteroatoms. The zero-order valence-electron chi connectivity index (χ0n) is 11.4. The molecule has 102 valence electrons. The standard InChI is InChI=1S/C14H18O4Si/c1-17-14(16)18-10-12(9-15)11-19(2,3)13-7-5-4-6-8-13/h4-9,11H,10H2,1-3H3/b12-11-. The molecule has 19 heavy (non-hydrogen) atoms. The molecule has 0 aromatic heterocycles. The molecule has 0 unspecified atom stereocenters. The lowest BCUT2D eigenvalue weighted by Crippen LogP contribution is -2.40. The molecule has 1 aromatic rings. The lowest BCUT2D eigenvalue weighted by atomic mass is 10.4. The predicted molar refractivity (Wildman–Crippen MR) is 76.1 cm³/mol. The summed E-state index contributed by atoms with van der Waals surface area (Å²) < 4.78 is 9.15. The van der Waals surface area contributed by atoms with Crippen LogP contribution in [0.25, 0.3) is 0 Å². The van der Waals surface area contributed by atoms with Gasteiger partial charge in [0.2, 0.25) is 0 Å². The van der Waals surface area contributed by atoms with E-state index < -0.39 is 14.2 Å². The third-order valence-electron chi connectivity index (χ3n) is 2.74. The number of rotatable bonds is 5. The Hall–Kier alpha value is -1.88. The molecule has 0 fully saturated rings. The molecule has 0 aliphatic carbocycles. The minimum atomic E-state index is -1.87. The van der Waals surface area contributed by atoms with Gasteiger partial charge in [-0.3, -0.25) is 4.79 Å². The summed E-state index contributed by atoms with van der Waals surface area (Å²) in [7, 11) is -0.640. The molecule has 0 saturated carbocycles. The van der Waals surface area contributed by atoms with Gasteiger partial charge in [-0.1, -0.05) is 54.3 Å². The summed E-state index contributed by atoms with van der Waals surface area (Å²) in [5, 5.41) is 1.22. The monoisotopic (exact) mass is 278 g/mol. The fourth-order valence-corrected chi connectivity index (χ4v) is 4.02. The minimum Gasteiger partial charge on any atom is -0.438 e. The van der Waals surface area contributed by atoms with E-state index in [9.17, 15) is 9.59 Å². The van der Waals surface area contributed by atoms with E-state index in [1.54, 1.807) is 0 Å². The molecule has 0 saturated heterocycles. The van der Waals surface area contributed by atoms with E-state index in [0.717, 1.165) is 6.29 Å². The topological polar surface area (TPSA) is 52.6 Å². The molecule has 0 amide bonds. The van der Waals surface area contributed by atoms with Crippen molar-refractivity contribution < 1.29 is 19.1 Å². The maximum Gasteiger partial charge on any atom is 0.508 e. The summed E-state index contributed by atoms with van der Waals surface area (Å²) in [6.07, 6.45) is -0.0624. The van der Waals surface area contributed by atoms with Crippen molar-refractivity contribution in [3.8, 4) is 0 Å². The summed E-state index contributed by atoms with van der Waals surface area (Å²) in [5.74, 6) is 0. The van der Waals surface area contributed by atoms with E-state index >= 15 is 0 Å². The molecule has 1 aromatic carbocycles. The Balaban J connectivity index is 2.84. The van der Waals surface area contributed by atoms with Gasteiger partial charge < -0.3 is 9.47 Å².